The van der Waals surface area contributed by atoms with Gasteiger partial charge in [0.25, 0.3) is 0 Å². The lowest BCUT2D eigenvalue weighted by atomic mass is 9.80. The number of nitrogens with two attached hydrogens (primary N) is 1. The highest BCUT2D eigenvalue weighted by Gasteiger charge is 2.43. The van der Waals surface area contributed by atoms with Crippen LogP contribution in [0, 0.1) is 5.92 Å². The third kappa shape index (κ3) is 2.77. The van der Waals surface area contributed by atoms with Crippen molar-refractivity contribution in [2.24, 2.45) is 11.7 Å². The van der Waals surface area contributed by atoms with Gasteiger partial charge >= 0.3 is 5.97 Å². The Bertz CT molecular complexity index is 487. The molecule has 0 saturated heterocycles. The fraction of sp³-hybridized carbons (Fsp3) is 0.357. The van der Waals surface area contributed by atoms with E-state index in [4.69, 9.17) is 10.6 Å². The maximum Gasteiger partial charge on any atom is 0.308 e. The summed E-state index contributed by atoms with van der Waals surface area (Å²) in [6.45, 7) is 1.91. The van der Waals surface area contributed by atoms with Gasteiger partial charge in [-0.2, -0.15) is 0 Å². The molecule has 1 aromatic carbocycles. The molecule has 19 heavy (non-hydrogen) atoms. The molecule has 0 aliphatic carbocycles. The van der Waals surface area contributed by atoms with Gasteiger partial charge < -0.3 is 15.7 Å². The number of benzene rings is 1. The zero-order chi connectivity index (χ0) is 13.9. The summed E-state index contributed by atoms with van der Waals surface area (Å²) in [5.41, 5.74) is 8.67. The highest BCUT2D eigenvalue weighted by atomic mass is 16.7. The third-order valence-corrected chi connectivity index (χ3v) is 3.47. The molecule has 0 fully saturated rings. The predicted molar refractivity (Wildman–Crippen MR) is 71.0 cm³/mol. The predicted octanol–water partition coefficient (Wildman–Crippen LogP) is 1.07. The number of carbonyl (C=O) groups is 1. The van der Waals surface area contributed by atoms with Gasteiger partial charge in [0, 0.05) is 0 Å². The average molecular weight is 262 g/mol. The molecule has 2 atom stereocenters. The van der Waals surface area contributed by atoms with Crippen LogP contribution in [-0.2, 0) is 16.1 Å². The SMILES string of the molecule is CC(C(=O)O)C1(Cc2ccccc2)C=C(CN)ON1. The van der Waals surface area contributed by atoms with E-state index in [1.807, 2.05) is 30.3 Å². The number of hydrogen-bond donors (Lipinski definition) is 3. The summed E-state index contributed by atoms with van der Waals surface area (Å²) in [5.74, 6) is -0.928. The molecule has 1 aliphatic heterocycles. The van der Waals surface area contributed by atoms with Gasteiger partial charge in [-0.3, -0.25) is 4.79 Å². The fourth-order valence-corrected chi connectivity index (χ4v) is 2.21. The van der Waals surface area contributed by atoms with E-state index in [-0.39, 0.29) is 6.54 Å². The molecule has 1 aliphatic rings. The Balaban J connectivity index is 2.31. The number of carboxylic acids is 1. The highest BCUT2D eigenvalue weighted by Crippen LogP contribution is 2.30. The van der Waals surface area contributed by atoms with Crippen LogP contribution >= 0.6 is 0 Å². The van der Waals surface area contributed by atoms with Crippen molar-refractivity contribution in [1.29, 1.82) is 0 Å². The third-order valence-electron chi connectivity index (χ3n) is 3.47. The smallest absolute Gasteiger partial charge is 0.308 e. The normalized spacial score (nSPS) is 23.6. The minimum Gasteiger partial charge on any atom is -0.481 e. The van der Waals surface area contributed by atoms with Crippen LogP contribution in [0.3, 0.4) is 0 Å². The van der Waals surface area contributed by atoms with Crippen LogP contribution in [0.1, 0.15) is 12.5 Å². The summed E-state index contributed by atoms with van der Waals surface area (Å²) in [7, 11) is 0. The summed E-state index contributed by atoms with van der Waals surface area (Å²) in [5, 5.41) is 9.29. The molecule has 0 aromatic heterocycles. The standard InChI is InChI=1S/C14H18N2O3/c1-10(13(17)18)14(8-12(9-15)19-16-14)7-11-5-3-2-4-6-11/h2-6,8,10,16H,7,9,15H2,1H3,(H,17,18). The van der Waals surface area contributed by atoms with Crippen molar-refractivity contribution in [2.75, 3.05) is 6.54 Å². The van der Waals surface area contributed by atoms with E-state index in [1.54, 1.807) is 13.0 Å². The van der Waals surface area contributed by atoms with E-state index in [2.05, 4.69) is 5.48 Å². The van der Waals surface area contributed by atoms with Crippen molar-refractivity contribution >= 4 is 5.97 Å². The Morgan fingerprint density at radius 3 is 2.68 bits per heavy atom. The average Bonchev–Trinajstić information content (AvgIpc) is 2.83. The Labute approximate surface area is 112 Å². The Kier molecular flexibility index (Phi) is 3.87. The molecule has 2 unspecified atom stereocenters. The summed E-state index contributed by atoms with van der Waals surface area (Å²) in [4.78, 5) is 16.6. The monoisotopic (exact) mass is 262 g/mol. The number of nitrogens with one attached hydrogen (secondary N) is 1. The largest absolute Gasteiger partial charge is 0.481 e. The summed E-state index contributed by atoms with van der Waals surface area (Å²) in [6.07, 6.45) is 2.32. The number of hydroxylamine groups is 1. The number of carboxylic acid groups (broad SMARTS) is 1. The molecular weight excluding hydrogens is 244 g/mol. The molecule has 2 rings (SSSR count). The highest BCUT2D eigenvalue weighted by molar-refractivity contribution is 5.72. The van der Waals surface area contributed by atoms with Crippen LogP contribution in [0.15, 0.2) is 42.2 Å². The van der Waals surface area contributed by atoms with E-state index >= 15 is 0 Å². The molecule has 102 valence electrons. The quantitative estimate of drug-likeness (QED) is 0.739. The van der Waals surface area contributed by atoms with Crippen molar-refractivity contribution in [3.05, 3.63) is 47.7 Å². The molecule has 1 aromatic rings. The van der Waals surface area contributed by atoms with Crippen molar-refractivity contribution < 1.29 is 14.7 Å². The van der Waals surface area contributed by atoms with Crippen LogP contribution in [0.2, 0.25) is 0 Å². The Hall–Kier alpha value is -1.85. The van der Waals surface area contributed by atoms with Gasteiger partial charge in [-0.1, -0.05) is 30.3 Å². The van der Waals surface area contributed by atoms with Gasteiger partial charge in [-0.05, 0) is 25.0 Å². The first-order valence-electron chi connectivity index (χ1n) is 6.20. The van der Waals surface area contributed by atoms with Gasteiger partial charge in [-0.25, -0.2) is 0 Å². The topological polar surface area (TPSA) is 84.6 Å². The molecular formula is C14H18N2O3. The first kappa shape index (κ1) is 13.6. The lowest BCUT2D eigenvalue weighted by molar-refractivity contribution is -0.144. The molecule has 5 heteroatoms. The zero-order valence-corrected chi connectivity index (χ0v) is 10.8. The van der Waals surface area contributed by atoms with E-state index in [0.29, 0.717) is 12.2 Å². The van der Waals surface area contributed by atoms with Crippen molar-refractivity contribution in [3.8, 4) is 0 Å². The van der Waals surface area contributed by atoms with Crippen LogP contribution in [0.5, 0.6) is 0 Å². The number of rotatable bonds is 5. The maximum absolute atomic E-state index is 11.3. The molecule has 0 amide bonds. The van der Waals surface area contributed by atoms with Crippen molar-refractivity contribution in [2.45, 2.75) is 18.9 Å². The van der Waals surface area contributed by atoms with E-state index in [1.165, 1.54) is 0 Å². The Morgan fingerprint density at radius 1 is 1.47 bits per heavy atom. The van der Waals surface area contributed by atoms with Gasteiger partial charge in [0.05, 0.1) is 18.0 Å². The second-order valence-corrected chi connectivity index (χ2v) is 4.78. The van der Waals surface area contributed by atoms with Crippen LogP contribution in [0.25, 0.3) is 0 Å². The van der Waals surface area contributed by atoms with Crippen molar-refractivity contribution in [3.63, 3.8) is 0 Å². The number of aliphatic carboxylic acids is 1. The maximum atomic E-state index is 11.3. The van der Waals surface area contributed by atoms with Gasteiger partial charge in [-0.15, -0.1) is 5.48 Å². The molecule has 1 heterocycles. The van der Waals surface area contributed by atoms with Crippen LogP contribution in [0.4, 0.5) is 0 Å². The van der Waals surface area contributed by atoms with E-state index in [0.717, 1.165) is 5.56 Å². The van der Waals surface area contributed by atoms with Crippen molar-refractivity contribution in [1.82, 2.24) is 5.48 Å². The summed E-state index contributed by atoms with van der Waals surface area (Å²) >= 11 is 0. The molecule has 0 spiro atoms. The number of hydrogen-bond acceptors (Lipinski definition) is 4. The lowest BCUT2D eigenvalue weighted by Crippen LogP contribution is -2.50. The second kappa shape index (κ2) is 5.42. The molecule has 4 N–H and O–H groups in total. The van der Waals surface area contributed by atoms with Gasteiger partial charge in [0.1, 0.15) is 5.76 Å². The first-order valence-corrected chi connectivity index (χ1v) is 6.20. The van der Waals surface area contributed by atoms with Crippen LogP contribution < -0.4 is 11.2 Å². The summed E-state index contributed by atoms with van der Waals surface area (Å²) in [6, 6.07) is 9.71. The zero-order valence-electron chi connectivity index (χ0n) is 10.8. The first-order chi connectivity index (χ1) is 9.07. The minimum absolute atomic E-state index is 0.246. The molecule has 0 radical (unpaired) electrons. The molecule has 5 nitrogen and oxygen atoms in total. The molecule has 0 saturated carbocycles. The molecule has 0 bridgehead atoms. The summed E-state index contributed by atoms with van der Waals surface area (Å²) < 4.78 is 0. The van der Waals surface area contributed by atoms with Crippen LogP contribution in [-0.4, -0.2) is 23.2 Å². The van der Waals surface area contributed by atoms with E-state index < -0.39 is 17.4 Å². The van der Waals surface area contributed by atoms with Gasteiger partial charge in [0.2, 0.25) is 0 Å². The minimum atomic E-state index is -0.874. The fourth-order valence-electron chi connectivity index (χ4n) is 2.21. The van der Waals surface area contributed by atoms with Gasteiger partial charge in [0.15, 0.2) is 0 Å². The second-order valence-electron chi connectivity index (χ2n) is 4.78. The lowest BCUT2D eigenvalue weighted by Gasteiger charge is -2.30. The van der Waals surface area contributed by atoms with E-state index in [9.17, 15) is 9.90 Å². The Morgan fingerprint density at radius 2 is 2.16 bits per heavy atom.